The van der Waals surface area contributed by atoms with Crippen LogP contribution in [-0.4, -0.2) is 70.3 Å². The van der Waals surface area contributed by atoms with Crippen molar-refractivity contribution < 1.29 is 29.5 Å². The molecule has 0 aromatic carbocycles. The molecule has 0 aromatic rings. The summed E-state index contributed by atoms with van der Waals surface area (Å²) in [6.07, 6.45) is 1.36. The molecule has 1 unspecified atom stereocenters. The van der Waals surface area contributed by atoms with Crippen molar-refractivity contribution in [2.45, 2.75) is 145 Å². The van der Waals surface area contributed by atoms with E-state index in [4.69, 9.17) is 29.5 Å². The van der Waals surface area contributed by atoms with E-state index in [0.717, 1.165) is 19.3 Å². The molecule has 0 aliphatic rings. The van der Waals surface area contributed by atoms with E-state index >= 15 is 0 Å². The van der Waals surface area contributed by atoms with Gasteiger partial charge in [0.15, 0.2) is 0 Å². The molecule has 6 nitrogen and oxygen atoms in total. The summed E-state index contributed by atoms with van der Waals surface area (Å²) in [5.41, 5.74) is -0.386. The summed E-state index contributed by atoms with van der Waals surface area (Å²) in [7, 11) is 0. The fourth-order valence-electron chi connectivity index (χ4n) is 1.39. The second kappa shape index (κ2) is 19.2. The van der Waals surface area contributed by atoms with Gasteiger partial charge in [0, 0.05) is 0 Å². The van der Waals surface area contributed by atoms with Gasteiger partial charge in [0.05, 0.1) is 54.9 Å². The lowest BCUT2D eigenvalue weighted by molar-refractivity contribution is -0.0493. The molecule has 0 fully saturated rings. The van der Waals surface area contributed by atoms with Crippen LogP contribution >= 0.6 is 0 Å². The lowest BCUT2D eigenvalue weighted by atomic mass is 10.2. The number of aliphatic hydroxyl groups is 3. The Labute approximate surface area is 194 Å². The first-order valence-corrected chi connectivity index (χ1v) is 11.3. The van der Waals surface area contributed by atoms with Gasteiger partial charge in [-0.2, -0.15) is 0 Å². The van der Waals surface area contributed by atoms with Crippen LogP contribution in [0.25, 0.3) is 0 Å². The summed E-state index contributed by atoms with van der Waals surface area (Å²) in [5.74, 6) is 0. The van der Waals surface area contributed by atoms with Gasteiger partial charge >= 0.3 is 0 Å². The maximum absolute atomic E-state index is 9.10. The predicted molar refractivity (Wildman–Crippen MR) is 133 cm³/mol. The van der Waals surface area contributed by atoms with Crippen molar-refractivity contribution in [1.29, 1.82) is 0 Å². The molecule has 0 amide bonds. The van der Waals surface area contributed by atoms with Crippen molar-refractivity contribution in [3.63, 3.8) is 0 Å². The van der Waals surface area contributed by atoms with Crippen LogP contribution in [0, 0.1) is 0 Å². The molecule has 6 heteroatoms. The van der Waals surface area contributed by atoms with Crippen LogP contribution in [0.5, 0.6) is 0 Å². The van der Waals surface area contributed by atoms with Gasteiger partial charge in [-0.15, -0.1) is 0 Å². The van der Waals surface area contributed by atoms with Crippen LogP contribution in [0.15, 0.2) is 0 Å². The molecule has 0 radical (unpaired) electrons. The molecule has 3 atom stereocenters. The largest absolute Gasteiger partial charge is 0.391 e. The van der Waals surface area contributed by atoms with Gasteiger partial charge in [-0.3, -0.25) is 0 Å². The van der Waals surface area contributed by atoms with Gasteiger partial charge in [-0.1, -0.05) is 28.2 Å². The van der Waals surface area contributed by atoms with E-state index in [2.05, 4.69) is 0 Å². The Hall–Kier alpha value is -0.240. The third-order valence-electron chi connectivity index (χ3n) is 3.54. The molecular formula is C25H58O6. The van der Waals surface area contributed by atoms with Crippen molar-refractivity contribution >= 4 is 0 Å². The van der Waals surface area contributed by atoms with Gasteiger partial charge < -0.3 is 29.5 Å². The first-order chi connectivity index (χ1) is 13.4. The normalized spacial score (nSPS) is 14.8. The highest BCUT2D eigenvalue weighted by molar-refractivity contribution is 4.62. The van der Waals surface area contributed by atoms with Crippen LogP contribution < -0.4 is 0 Å². The first kappa shape index (κ1) is 38.0. The average Bonchev–Trinajstić information content (AvgIpc) is 2.61. The minimum atomic E-state index is -0.306. The van der Waals surface area contributed by atoms with E-state index < -0.39 is 0 Å². The fourth-order valence-corrected chi connectivity index (χ4v) is 1.39. The number of rotatable bonds is 9. The number of aliphatic hydroxyl groups excluding tert-OH is 3. The quantitative estimate of drug-likeness (QED) is 0.435. The number of ether oxygens (including phenoxy) is 3. The third kappa shape index (κ3) is 40.6. The van der Waals surface area contributed by atoms with Crippen LogP contribution in [0.2, 0.25) is 0 Å². The summed E-state index contributed by atoms with van der Waals surface area (Å²) in [4.78, 5) is 0. The topological polar surface area (TPSA) is 88.4 Å². The minimum Gasteiger partial charge on any atom is -0.391 e. The van der Waals surface area contributed by atoms with Gasteiger partial charge in [0.25, 0.3) is 0 Å². The van der Waals surface area contributed by atoms with Gasteiger partial charge in [0.1, 0.15) is 0 Å². The molecule has 0 aliphatic heterocycles. The Bertz CT molecular complexity index is 309. The zero-order valence-electron chi connectivity index (χ0n) is 22.0. The number of hydrogen-bond acceptors (Lipinski definition) is 6. The lowest BCUT2D eigenvalue weighted by Gasteiger charge is -2.21. The molecule has 31 heavy (non-hydrogen) atoms. The predicted octanol–water partition coefficient (Wildman–Crippen LogP) is 5.35. The zero-order valence-corrected chi connectivity index (χ0v) is 22.0. The first-order valence-electron chi connectivity index (χ1n) is 11.3. The summed E-state index contributed by atoms with van der Waals surface area (Å²) in [6.45, 7) is 25.0. The SMILES string of the molecule is C.CCC(O)COC(C)(C)C.CC[C@@H](O)COC(C)(C)C.CC[C@H](O)COC(C)(C)C. The Balaban J connectivity index is -0.000000174. The van der Waals surface area contributed by atoms with Gasteiger partial charge in [0.2, 0.25) is 0 Å². The van der Waals surface area contributed by atoms with Crippen molar-refractivity contribution in [2.24, 2.45) is 0 Å². The summed E-state index contributed by atoms with van der Waals surface area (Å²) in [5, 5.41) is 27.3. The third-order valence-corrected chi connectivity index (χ3v) is 3.54. The van der Waals surface area contributed by atoms with E-state index in [1.807, 2.05) is 83.1 Å². The van der Waals surface area contributed by atoms with E-state index in [9.17, 15) is 0 Å². The van der Waals surface area contributed by atoms with Crippen molar-refractivity contribution in [3.8, 4) is 0 Å². The molecular weight excluding hydrogens is 396 g/mol. The molecule has 0 heterocycles. The average molecular weight is 455 g/mol. The lowest BCUT2D eigenvalue weighted by Crippen LogP contribution is -2.25. The maximum Gasteiger partial charge on any atom is 0.0771 e. The van der Waals surface area contributed by atoms with Crippen LogP contribution in [-0.2, 0) is 14.2 Å². The number of hydrogen-bond donors (Lipinski definition) is 3. The standard InChI is InChI=1S/3C8H18O2.CH4/c3*1-5-7(9)6-10-8(2,3)4;/h3*7,9H,5-6H2,1-4H3;1H4/t2*7-;;/m10../s1. The second-order valence-corrected chi connectivity index (χ2v) is 10.5. The monoisotopic (exact) mass is 454 g/mol. The highest BCUT2D eigenvalue weighted by Gasteiger charge is 2.13. The van der Waals surface area contributed by atoms with Crippen molar-refractivity contribution in [1.82, 2.24) is 0 Å². The van der Waals surface area contributed by atoms with E-state index in [0.29, 0.717) is 19.8 Å². The molecule has 0 aliphatic carbocycles. The molecule has 0 aromatic heterocycles. The van der Waals surface area contributed by atoms with Crippen LogP contribution in [0.3, 0.4) is 0 Å². The highest BCUT2D eigenvalue weighted by Crippen LogP contribution is 2.09. The minimum absolute atomic E-state index is 0. The molecule has 0 rings (SSSR count). The van der Waals surface area contributed by atoms with E-state index in [-0.39, 0.29) is 42.5 Å². The van der Waals surface area contributed by atoms with E-state index in [1.165, 1.54) is 0 Å². The van der Waals surface area contributed by atoms with E-state index in [1.54, 1.807) is 0 Å². The molecule has 0 bridgehead atoms. The fraction of sp³-hybridized carbons (Fsp3) is 1.00. The maximum atomic E-state index is 9.10. The molecule has 0 saturated heterocycles. The molecule has 0 saturated carbocycles. The Morgan fingerprint density at radius 1 is 0.484 bits per heavy atom. The Kier molecular flexibility index (Phi) is 23.6. The zero-order chi connectivity index (χ0) is 24.6. The second-order valence-electron chi connectivity index (χ2n) is 10.5. The van der Waals surface area contributed by atoms with Gasteiger partial charge in [-0.05, 0) is 81.6 Å². The highest BCUT2D eigenvalue weighted by atomic mass is 16.5. The van der Waals surface area contributed by atoms with Crippen molar-refractivity contribution in [2.75, 3.05) is 19.8 Å². The smallest absolute Gasteiger partial charge is 0.0771 e. The molecule has 3 N–H and O–H groups in total. The molecule has 0 spiro atoms. The summed E-state index contributed by atoms with van der Waals surface area (Å²) < 4.78 is 16.0. The summed E-state index contributed by atoms with van der Waals surface area (Å²) >= 11 is 0. The van der Waals surface area contributed by atoms with Crippen LogP contribution in [0.1, 0.15) is 110 Å². The van der Waals surface area contributed by atoms with Crippen LogP contribution in [0.4, 0.5) is 0 Å². The summed E-state index contributed by atoms with van der Waals surface area (Å²) in [6, 6.07) is 0. The van der Waals surface area contributed by atoms with Crippen molar-refractivity contribution in [3.05, 3.63) is 0 Å². The Morgan fingerprint density at radius 3 is 0.742 bits per heavy atom. The van der Waals surface area contributed by atoms with Gasteiger partial charge in [-0.25, -0.2) is 0 Å². The Morgan fingerprint density at radius 2 is 0.645 bits per heavy atom. The molecule has 194 valence electrons.